The minimum Gasteiger partial charge on any atom is -0.366 e. The van der Waals surface area contributed by atoms with Gasteiger partial charge in [-0.1, -0.05) is 6.42 Å². The van der Waals surface area contributed by atoms with Gasteiger partial charge in [-0.05, 0) is 31.9 Å². The molecule has 0 heterocycles. The molecule has 2 unspecified atom stereocenters. The summed E-state index contributed by atoms with van der Waals surface area (Å²) in [5.41, 5.74) is 11.6. The summed E-state index contributed by atoms with van der Waals surface area (Å²) in [6.45, 7) is 1.53. The van der Waals surface area contributed by atoms with E-state index in [1.54, 1.807) is 0 Å². The summed E-state index contributed by atoms with van der Waals surface area (Å²) in [6, 6.07) is 2.28. The van der Waals surface area contributed by atoms with Crippen molar-refractivity contribution in [1.29, 1.82) is 0 Å². The van der Waals surface area contributed by atoms with Gasteiger partial charge in [0.2, 0.25) is 11.8 Å². The molecule has 1 aromatic rings. The molecule has 0 aliphatic heterocycles. The molecule has 2 atom stereocenters. The Hall–Kier alpha value is -1.95. The van der Waals surface area contributed by atoms with Gasteiger partial charge >= 0.3 is 0 Å². The van der Waals surface area contributed by atoms with Gasteiger partial charge in [0.25, 0.3) is 0 Å². The molecule has 1 fully saturated rings. The molecule has 1 aliphatic rings. The molecule has 0 radical (unpaired) electrons. The fraction of sp³-hybridized carbons (Fsp3) is 0.429. The van der Waals surface area contributed by atoms with Gasteiger partial charge in [0.1, 0.15) is 5.82 Å². The topological polar surface area (TPSA) is 98.2 Å². The molecule has 0 saturated heterocycles. The van der Waals surface area contributed by atoms with Crippen molar-refractivity contribution in [1.82, 2.24) is 0 Å². The number of hydrogen-bond donors (Lipinski definition) is 3. The lowest BCUT2D eigenvalue weighted by molar-refractivity contribution is -0.120. The zero-order valence-corrected chi connectivity index (χ0v) is 11.3. The molecule has 0 aromatic heterocycles. The summed E-state index contributed by atoms with van der Waals surface area (Å²) < 4.78 is 13.7. The quantitative estimate of drug-likeness (QED) is 0.777. The Morgan fingerprint density at radius 3 is 2.60 bits per heavy atom. The van der Waals surface area contributed by atoms with Crippen molar-refractivity contribution < 1.29 is 14.0 Å². The molecule has 20 heavy (non-hydrogen) atoms. The van der Waals surface area contributed by atoms with Crippen LogP contribution >= 0.6 is 0 Å². The Labute approximate surface area is 116 Å². The van der Waals surface area contributed by atoms with Gasteiger partial charge in [0, 0.05) is 22.9 Å². The van der Waals surface area contributed by atoms with E-state index in [2.05, 4.69) is 5.32 Å². The summed E-state index contributed by atoms with van der Waals surface area (Å²) in [6.07, 6.45) is 2.45. The third-order valence-corrected chi connectivity index (χ3v) is 3.79. The van der Waals surface area contributed by atoms with Crippen LogP contribution in [0.3, 0.4) is 0 Å². The fourth-order valence-electron chi connectivity index (χ4n) is 2.49. The van der Waals surface area contributed by atoms with Crippen LogP contribution in [-0.2, 0) is 4.79 Å². The van der Waals surface area contributed by atoms with Crippen LogP contribution in [0.5, 0.6) is 0 Å². The number of nitrogens with two attached hydrogens (primary N) is 2. The van der Waals surface area contributed by atoms with Gasteiger partial charge in [-0.3, -0.25) is 9.59 Å². The molecule has 1 aromatic carbocycles. The highest BCUT2D eigenvalue weighted by molar-refractivity contribution is 5.97. The lowest BCUT2D eigenvalue weighted by atomic mass is 10.0. The first-order valence-electron chi connectivity index (χ1n) is 6.56. The highest BCUT2D eigenvalue weighted by atomic mass is 19.1. The van der Waals surface area contributed by atoms with Crippen LogP contribution in [0.25, 0.3) is 0 Å². The van der Waals surface area contributed by atoms with E-state index in [0.717, 1.165) is 25.3 Å². The van der Waals surface area contributed by atoms with Gasteiger partial charge in [-0.15, -0.1) is 0 Å². The summed E-state index contributed by atoms with van der Waals surface area (Å²) in [4.78, 5) is 23.3. The normalized spacial score (nSPS) is 21.8. The number of benzene rings is 1. The Bertz CT molecular complexity index is 560. The first kappa shape index (κ1) is 14.5. The first-order chi connectivity index (χ1) is 9.40. The Balaban J connectivity index is 2.24. The number of amides is 2. The number of hydrogen-bond acceptors (Lipinski definition) is 3. The lowest BCUT2D eigenvalue weighted by Gasteiger charge is -2.17. The number of carbonyl (C=O) groups excluding carboxylic acids is 2. The minimum absolute atomic E-state index is 0.0270. The van der Waals surface area contributed by atoms with Crippen LogP contribution < -0.4 is 16.8 Å². The van der Waals surface area contributed by atoms with E-state index in [4.69, 9.17) is 11.5 Å². The van der Waals surface area contributed by atoms with Crippen molar-refractivity contribution >= 4 is 17.5 Å². The van der Waals surface area contributed by atoms with Crippen LogP contribution in [0.2, 0.25) is 0 Å². The van der Waals surface area contributed by atoms with Crippen molar-refractivity contribution in [3.63, 3.8) is 0 Å². The maximum atomic E-state index is 13.7. The van der Waals surface area contributed by atoms with Crippen molar-refractivity contribution in [3.05, 3.63) is 29.1 Å². The fourth-order valence-corrected chi connectivity index (χ4v) is 2.49. The van der Waals surface area contributed by atoms with Crippen LogP contribution in [0.15, 0.2) is 12.1 Å². The maximum Gasteiger partial charge on any atom is 0.248 e. The van der Waals surface area contributed by atoms with Gasteiger partial charge < -0.3 is 16.8 Å². The Morgan fingerprint density at radius 2 is 2.05 bits per heavy atom. The smallest absolute Gasteiger partial charge is 0.248 e. The second-order valence-electron chi connectivity index (χ2n) is 5.19. The molecule has 0 spiro atoms. The molecule has 5 N–H and O–H groups in total. The molecule has 1 saturated carbocycles. The highest BCUT2D eigenvalue weighted by Gasteiger charge is 2.30. The van der Waals surface area contributed by atoms with Gasteiger partial charge in [0.15, 0.2) is 0 Å². The average molecular weight is 279 g/mol. The number of primary amides is 1. The number of nitrogens with one attached hydrogen (secondary N) is 1. The van der Waals surface area contributed by atoms with Gasteiger partial charge in [0.05, 0.1) is 5.92 Å². The molecule has 2 rings (SSSR count). The van der Waals surface area contributed by atoms with E-state index < -0.39 is 11.7 Å². The van der Waals surface area contributed by atoms with E-state index in [-0.39, 0.29) is 34.7 Å². The number of rotatable bonds is 3. The Morgan fingerprint density at radius 1 is 1.35 bits per heavy atom. The van der Waals surface area contributed by atoms with Crippen molar-refractivity contribution in [2.24, 2.45) is 17.4 Å². The third-order valence-electron chi connectivity index (χ3n) is 3.79. The first-order valence-corrected chi connectivity index (χ1v) is 6.56. The van der Waals surface area contributed by atoms with E-state index in [9.17, 15) is 14.0 Å². The van der Waals surface area contributed by atoms with Gasteiger partial charge in [-0.2, -0.15) is 0 Å². The monoisotopic (exact) mass is 279 g/mol. The number of anilines is 1. The van der Waals surface area contributed by atoms with Crippen LogP contribution in [0, 0.1) is 18.7 Å². The lowest BCUT2D eigenvalue weighted by Crippen LogP contribution is -2.34. The second kappa shape index (κ2) is 5.58. The standard InChI is InChI=1S/C14H18FN3O2/c1-7-10(15)5-8(13(17)19)6-12(7)18-14(20)9-3-2-4-11(9)16/h5-6,9,11H,2-4,16H2,1H3,(H2,17,19)(H,18,20). The molecule has 2 amide bonds. The summed E-state index contributed by atoms with van der Waals surface area (Å²) >= 11 is 0. The average Bonchev–Trinajstić information content (AvgIpc) is 2.80. The molecule has 0 bridgehead atoms. The SMILES string of the molecule is Cc1c(F)cc(C(N)=O)cc1NC(=O)C1CCCC1N. The van der Waals surface area contributed by atoms with E-state index >= 15 is 0 Å². The van der Waals surface area contributed by atoms with Crippen LogP contribution in [-0.4, -0.2) is 17.9 Å². The summed E-state index contributed by atoms with van der Waals surface area (Å²) in [7, 11) is 0. The van der Waals surface area contributed by atoms with Crippen molar-refractivity contribution in [2.75, 3.05) is 5.32 Å². The van der Waals surface area contributed by atoms with Crippen molar-refractivity contribution in [3.8, 4) is 0 Å². The molecule has 108 valence electrons. The molecular formula is C14H18FN3O2. The zero-order chi connectivity index (χ0) is 14.9. The Kier molecular flexibility index (Phi) is 4.04. The van der Waals surface area contributed by atoms with Crippen LogP contribution in [0.1, 0.15) is 35.2 Å². The van der Waals surface area contributed by atoms with E-state index in [1.807, 2.05) is 0 Å². The van der Waals surface area contributed by atoms with Gasteiger partial charge in [-0.25, -0.2) is 4.39 Å². The second-order valence-corrected chi connectivity index (χ2v) is 5.19. The third kappa shape index (κ3) is 2.80. The molecule has 5 nitrogen and oxygen atoms in total. The van der Waals surface area contributed by atoms with E-state index in [1.165, 1.54) is 13.0 Å². The largest absolute Gasteiger partial charge is 0.366 e. The molecular weight excluding hydrogens is 261 g/mol. The van der Waals surface area contributed by atoms with Crippen molar-refractivity contribution in [2.45, 2.75) is 32.2 Å². The van der Waals surface area contributed by atoms with E-state index in [0.29, 0.717) is 0 Å². The maximum absolute atomic E-state index is 13.7. The summed E-state index contributed by atoms with van der Waals surface area (Å²) in [5.74, 6) is -1.82. The summed E-state index contributed by atoms with van der Waals surface area (Å²) in [5, 5.41) is 2.65. The predicted octanol–water partition coefficient (Wildman–Crippen LogP) is 1.30. The molecule has 1 aliphatic carbocycles. The number of carbonyl (C=O) groups is 2. The minimum atomic E-state index is -0.739. The zero-order valence-electron chi connectivity index (χ0n) is 11.3. The highest BCUT2D eigenvalue weighted by Crippen LogP contribution is 2.27. The van der Waals surface area contributed by atoms with Crippen LogP contribution in [0.4, 0.5) is 10.1 Å². The number of halogens is 1. The molecule has 6 heteroatoms. The predicted molar refractivity (Wildman–Crippen MR) is 73.6 cm³/mol.